The summed E-state index contributed by atoms with van der Waals surface area (Å²) in [6.45, 7) is 5.08. The molecule has 91 heavy (non-hydrogen) atoms. The van der Waals surface area contributed by atoms with E-state index in [0.717, 1.165) is 65.6 Å². The van der Waals surface area contributed by atoms with Gasteiger partial charge in [-0.2, -0.15) is 5.10 Å². The molecule has 1 saturated carbocycles. The summed E-state index contributed by atoms with van der Waals surface area (Å²) in [6.07, 6.45) is -3.61. The maximum atomic E-state index is 14.6. The van der Waals surface area contributed by atoms with Gasteiger partial charge in [0.05, 0.1) is 48.5 Å². The molecule has 13 atom stereocenters. The number of aromatic hydroxyl groups is 2. The lowest BCUT2D eigenvalue weighted by Crippen LogP contribution is -2.64. The highest BCUT2D eigenvalue weighted by atomic mass is 32.1. The summed E-state index contributed by atoms with van der Waals surface area (Å²) in [4.78, 5) is 113. The maximum Gasteiger partial charge on any atom is 0.251 e. The fraction of sp³-hybridized carbons (Fsp3) is 0.532. The molecule has 5 fully saturated rings. The second kappa shape index (κ2) is 28.7. The Labute approximate surface area is 528 Å². The van der Waals surface area contributed by atoms with Crippen molar-refractivity contribution in [3.63, 3.8) is 0 Å². The summed E-state index contributed by atoms with van der Waals surface area (Å²) in [5.74, 6) is -9.49. The highest BCUT2D eigenvalue weighted by molar-refractivity contribution is 7.19. The monoisotopic (exact) mass is 1280 g/mol. The number of imidazole rings is 1. The number of piperazine rings is 1. The summed E-state index contributed by atoms with van der Waals surface area (Å²) >= 11 is 1.42. The van der Waals surface area contributed by atoms with Gasteiger partial charge < -0.3 is 87.9 Å². The molecule has 5 aliphatic rings. The van der Waals surface area contributed by atoms with Crippen molar-refractivity contribution in [1.29, 1.82) is 0 Å². The Bertz CT molecular complexity index is 3400. The first-order valence-corrected chi connectivity index (χ1v) is 31.8. The van der Waals surface area contributed by atoms with Crippen molar-refractivity contribution in [1.82, 2.24) is 55.9 Å². The van der Waals surface area contributed by atoms with E-state index in [1.807, 2.05) is 0 Å². The average molecular weight is 1280 g/mol. The van der Waals surface area contributed by atoms with Gasteiger partial charge >= 0.3 is 0 Å². The van der Waals surface area contributed by atoms with Gasteiger partial charge in [0.25, 0.3) is 5.91 Å². The van der Waals surface area contributed by atoms with Gasteiger partial charge in [-0.25, -0.2) is 9.50 Å². The molecule has 0 spiro atoms. The van der Waals surface area contributed by atoms with Crippen molar-refractivity contribution in [3.05, 3.63) is 84.1 Å². The van der Waals surface area contributed by atoms with Crippen LogP contribution in [0.5, 0.6) is 11.5 Å². The number of fused-ring (bicyclic) bond motifs is 3. The van der Waals surface area contributed by atoms with E-state index >= 15 is 0 Å². The smallest absolute Gasteiger partial charge is 0.251 e. The largest absolute Gasteiger partial charge is 0.504 e. The topological polar surface area (TPSA) is 411 Å². The van der Waals surface area contributed by atoms with Crippen molar-refractivity contribution in [2.45, 2.75) is 151 Å². The van der Waals surface area contributed by atoms with E-state index in [1.54, 1.807) is 22.8 Å². The molecular weight excluding hydrogens is 1200 g/mol. The van der Waals surface area contributed by atoms with Crippen molar-refractivity contribution < 1.29 is 74.4 Å². The maximum absolute atomic E-state index is 14.6. The van der Waals surface area contributed by atoms with Crippen LogP contribution in [0.15, 0.2) is 72.9 Å². The Hall–Kier alpha value is -7.87. The van der Waals surface area contributed by atoms with Gasteiger partial charge in [0.1, 0.15) is 41.3 Å². The highest BCUT2D eigenvalue weighted by Crippen LogP contribution is 2.33. The van der Waals surface area contributed by atoms with Crippen molar-refractivity contribution in [2.75, 3.05) is 57.3 Å². The average Bonchev–Trinajstić information content (AvgIpc) is 1.77. The molecule has 0 unspecified atom stereocenters. The van der Waals surface area contributed by atoms with E-state index in [0.29, 0.717) is 22.3 Å². The Morgan fingerprint density at radius 3 is 2.08 bits per heavy atom. The number of nitrogens with one attached hydrogen (secondary N) is 5. The summed E-state index contributed by atoms with van der Waals surface area (Å²) in [5, 5.41) is 106. The number of amides is 7. The molecule has 1 aliphatic carbocycles. The molecule has 0 radical (unpaired) electrons. The van der Waals surface area contributed by atoms with Gasteiger partial charge in [-0.1, -0.05) is 55.7 Å². The van der Waals surface area contributed by atoms with Gasteiger partial charge in [-0.15, -0.1) is 0 Å². The number of nitrogens with zero attached hydrogens (tertiary/aromatic N) is 7. The molecule has 7 amide bonds. The van der Waals surface area contributed by atoms with Crippen LogP contribution in [0.4, 0.5) is 5.69 Å². The number of aliphatic hydroxyl groups is 6. The van der Waals surface area contributed by atoms with E-state index in [-0.39, 0.29) is 30.6 Å². The Kier molecular flexibility index (Phi) is 20.9. The summed E-state index contributed by atoms with van der Waals surface area (Å²) in [7, 11) is 0. The number of phenolic OH excluding ortho intramolecular Hbond substituents is 2. The molecule has 3 aromatic carbocycles. The molecule has 4 saturated heterocycles. The number of phenols is 2. The molecule has 490 valence electrons. The molecule has 28 nitrogen and oxygen atoms in total. The van der Waals surface area contributed by atoms with Crippen molar-refractivity contribution in [3.8, 4) is 33.3 Å². The molecule has 5 aromatic rings. The zero-order valence-corrected chi connectivity index (χ0v) is 51.4. The number of aliphatic hydroxyl groups excluding tert-OH is 6. The zero-order valence-electron chi connectivity index (χ0n) is 50.6. The number of hydrogen-bond acceptors (Lipinski definition) is 21. The molecular formula is C62H81N13O15S. The predicted octanol–water partition coefficient (Wildman–Crippen LogP) is -1.71. The number of carbonyl (C=O) groups excluding carboxylic acids is 7. The Morgan fingerprint density at radius 1 is 0.736 bits per heavy atom. The first-order valence-electron chi connectivity index (χ1n) is 31.0. The van der Waals surface area contributed by atoms with Crippen LogP contribution in [0.3, 0.4) is 0 Å². The van der Waals surface area contributed by atoms with E-state index in [1.165, 1.54) is 74.3 Å². The standard InChI is InChI=1S/C62H81N13O15S/c1-32-29-74-52(53(32)83)58(88)64-28-40(77)26-42(65-54(84)36-11-9-35(10-12-36)43-31-75-62(66-43)91-59(70-75)37-13-15-39(16-14-37)72-22-20-71(21-23-72)38-6-4-3-5-7-38)55(85)67-49(33(2)76)60(89)73-30-41(78)27-44(73)56(86)68-50(48(82)25-34-8-17-45(79)47(81)24-34)57(87)69-51(61(74)90)46(80)18-19-63/h8-17,24,31-33,38,40-42,44,46,48-53,76-83H,3-7,18-23,25-30,63H2,1-2H3,(H,64,88)(H,65,84)(H,67,85)(H,68,86)(H,69,87)/t32-,33+,40+,41+,42+,44+,46-,48-,49+,50+,51+,52+,53+/m1/s1. The van der Waals surface area contributed by atoms with Crippen LogP contribution in [-0.2, 0) is 35.2 Å². The third-order valence-corrected chi connectivity index (χ3v) is 19.0. The van der Waals surface area contributed by atoms with E-state index in [2.05, 4.69) is 60.6 Å². The van der Waals surface area contributed by atoms with Crippen LogP contribution in [0.25, 0.3) is 26.8 Å². The number of anilines is 1. The van der Waals surface area contributed by atoms with Gasteiger partial charge in [0, 0.05) is 99.4 Å². The molecule has 15 N–H and O–H groups in total. The number of carbonyl (C=O) groups is 7. The van der Waals surface area contributed by atoms with Crippen LogP contribution in [-0.4, -0.2) is 243 Å². The first-order chi connectivity index (χ1) is 43.5. The van der Waals surface area contributed by atoms with E-state index in [4.69, 9.17) is 15.8 Å². The SMILES string of the molecule is C[C@H](O)[C@@H]1NC(=O)[C@@H](NC(=O)c2ccc(-c3cn4nc(-c5ccc(N6CCN(C7CCCCC7)CC6)cc5)sc4n3)cc2)C[C@H](O)CNC(=O)[C@@H]2[C@@H](O)[C@H](C)CN2C(=O)[C@H]([C@H](O)CCN)NC(=O)[C@H]([C@H](O)Cc2ccc(O)c(O)c2)NC(=O)[C@@H]2C[C@H](O)CN2C1=O. The summed E-state index contributed by atoms with van der Waals surface area (Å²) in [5.41, 5.74) is 9.27. The van der Waals surface area contributed by atoms with E-state index < -0.39 is 164 Å². The van der Waals surface area contributed by atoms with Crippen LogP contribution in [0, 0.1) is 5.92 Å². The fourth-order valence-corrected chi connectivity index (χ4v) is 13.8. The molecule has 6 heterocycles. The molecule has 2 aromatic heterocycles. The van der Waals surface area contributed by atoms with Crippen molar-refractivity contribution >= 4 is 63.3 Å². The van der Waals surface area contributed by atoms with Crippen LogP contribution in [0.1, 0.15) is 81.1 Å². The Morgan fingerprint density at radius 2 is 1.41 bits per heavy atom. The minimum Gasteiger partial charge on any atom is -0.504 e. The highest BCUT2D eigenvalue weighted by Gasteiger charge is 2.50. The number of nitrogens with two attached hydrogens (primary N) is 1. The Balaban J connectivity index is 0.876. The second-order valence-electron chi connectivity index (χ2n) is 24.6. The van der Waals surface area contributed by atoms with E-state index in [9.17, 15) is 74.4 Å². The van der Waals surface area contributed by atoms with Crippen LogP contribution in [0.2, 0.25) is 0 Å². The van der Waals surface area contributed by atoms with Gasteiger partial charge in [0.2, 0.25) is 40.4 Å². The normalized spacial score (nSPS) is 27.5. The first kappa shape index (κ1) is 66.1. The minimum absolute atomic E-state index is 0.0438. The number of aromatic nitrogens is 3. The van der Waals surface area contributed by atoms with Gasteiger partial charge in [-0.05, 0) is 86.8 Å². The van der Waals surface area contributed by atoms with Gasteiger partial charge in [-0.3, -0.25) is 38.5 Å². The number of hydrogen-bond donors (Lipinski definition) is 14. The predicted molar refractivity (Wildman–Crippen MR) is 331 cm³/mol. The third-order valence-electron chi connectivity index (χ3n) is 18.1. The lowest BCUT2D eigenvalue weighted by atomic mass is 9.94. The molecule has 29 heteroatoms. The fourth-order valence-electron chi connectivity index (χ4n) is 12.9. The van der Waals surface area contributed by atoms with Gasteiger partial charge in [0.15, 0.2) is 11.5 Å². The summed E-state index contributed by atoms with van der Waals surface area (Å²) < 4.78 is 1.69. The third kappa shape index (κ3) is 15.1. The van der Waals surface area contributed by atoms with Crippen LogP contribution >= 0.6 is 11.3 Å². The molecule has 4 aliphatic heterocycles. The van der Waals surface area contributed by atoms with Crippen molar-refractivity contribution in [2.24, 2.45) is 11.7 Å². The molecule has 0 bridgehead atoms. The lowest BCUT2D eigenvalue weighted by molar-refractivity contribution is -0.147. The lowest BCUT2D eigenvalue weighted by Gasteiger charge is -2.41. The number of β-amino-alcohol motifs (C(OH)–C–C–N with tert-alkyl or cyclic N) is 1. The van der Waals surface area contributed by atoms with Crippen LogP contribution < -0.4 is 37.2 Å². The summed E-state index contributed by atoms with van der Waals surface area (Å²) in [6, 6.07) is 7.86. The minimum atomic E-state index is -2.06. The quantitative estimate of drug-likeness (QED) is 0.0584. The number of rotatable bonds is 13. The number of benzene rings is 3. The molecule has 10 rings (SSSR count). The zero-order chi connectivity index (χ0) is 64.9. The second-order valence-corrected chi connectivity index (χ2v) is 25.6.